The summed E-state index contributed by atoms with van der Waals surface area (Å²) >= 11 is 0. The monoisotopic (exact) mass is 208 g/mol. The molecule has 0 bridgehead atoms. The van der Waals surface area contributed by atoms with Crippen molar-refractivity contribution in [3.05, 3.63) is 12.2 Å². The van der Waals surface area contributed by atoms with Crippen LogP contribution in [0.1, 0.15) is 18.8 Å². The van der Waals surface area contributed by atoms with Crippen LogP contribution in [0.15, 0.2) is 6.33 Å². The largest absolute Gasteiger partial charge is 0.401 e. The molecule has 1 rings (SSSR count). The number of halogens is 3. The highest BCUT2D eigenvalue weighted by molar-refractivity contribution is 4.91. The van der Waals surface area contributed by atoms with Gasteiger partial charge in [0, 0.05) is 7.05 Å². The molecule has 1 aromatic rings. The molecule has 4 nitrogen and oxygen atoms in total. The summed E-state index contributed by atoms with van der Waals surface area (Å²) < 4.78 is 37.1. The van der Waals surface area contributed by atoms with Gasteiger partial charge in [0.05, 0.1) is 12.6 Å². The molecule has 7 heteroatoms. The van der Waals surface area contributed by atoms with E-state index >= 15 is 0 Å². The van der Waals surface area contributed by atoms with Gasteiger partial charge in [0.15, 0.2) is 0 Å². The molecule has 0 aliphatic rings. The van der Waals surface area contributed by atoms with Crippen molar-refractivity contribution < 1.29 is 13.2 Å². The number of nitrogens with zero attached hydrogens (tertiary/aromatic N) is 3. The van der Waals surface area contributed by atoms with E-state index in [2.05, 4.69) is 15.5 Å². The Hall–Kier alpha value is -1.11. The quantitative estimate of drug-likeness (QED) is 0.806. The molecular formula is C7H11F3N4. The number of nitrogens with one attached hydrogen (secondary N) is 1. The van der Waals surface area contributed by atoms with Crippen LogP contribution in [0, 0.1) is 0 Å². The van der Waals surface area contributed by atoms with Gasteiger partial charge in [0.25, 0.3) is 0 Å². The van der Waals surface area contributed by atoms with Crippen LogP contribution in [-0.4, -0.2) is 27.5 Å². The van der Waals surface area contributed by atoms with Crippen LogP contribution in [0.2, 0.25) is 0 Å². The lowest BCUT2D eigenvalue weighted by Crippen LogP contribution is -2.31. The number of hydrogen-bond acceptors (Lipinski definition) is 3. The van der Waals surface area contributed by atoms with Gasteiger partial charge in [-0.25, -0.2) is 0 Å². The maximum Gasteiger partial charge on any atom is 0.401 e. The van der Waals surface area contributed by atoms with Gasteiger partial charge < -0.3 is 4.57 Å². The molecule has 0 saturated carbocycles. The van der Waals surface area contributed by atoms with Crippen LogP contribution in [0.4, 0.5) is 13.2 Å². The molecule has 0 aliphatic carbocycles. The Morgan fingerprint density at radius 1 is 1.57 bits per heavy atom. The molecule has 0 amide bonds. The van der Waals surface area contributed by atoms with Crippen LogP contribution in [0.3, 0.4) is 0 Å². The van der Waals surface area contributed by atoms with Crippen LogP contribution < -0.4 is 5.32 Å². The van der Waals surface area contributed by atoms with Crippen molar-refractivity contribution in [2.45, 2.75) is 19.1 Å². The average Bonchev–Trinajstić information content (AvgIpc) is 2.46. The molecule has 1 atom stereocenters. The third kappa shape index (κ3) is 2.99. The summed E-state index contributed by atoms with van der Waals surface area (Å²) in [7, 11) is 1.68. The Labute approximate surface area is 79.1 Å². The third-order valence-electron chi connectivity index (χ3n) is 1.74. The molecule has 0 saturated heterocycles. The van der Waals surface area contributed by atoms with E-state index in [0.29, 0.717) is 5.82 Å². The lowest BCUT2D eigenvalue weighted by atomic mass is 10.3. The fourth-order valence-corrected chi connectivity index (χ4v) is 1.04. The van der Waals surface area contributed by atoms with E-state index in [0.717, 1.165) is 0 Å². The number of alkyl halides is 3. The SMILES string of the molecule is CC(NCC(F)(F)F)c1nncn1C. The molecule has 1 aromatic heterocycles. The summed E-state index contributed by atoms with van der Waals surface area (Å²) in [6.07, 6.45) is -2.76. The number of aromatic nitrogens is 3. The maximum atomic E-state index is 11.9. The predicted molar refractivity (Wildman–Crippen MR) is 43.5 cm³/mol. The van der Waals surface area contributed by atoms with Gasteiger partial charge in [0.2, 0.25) is 0 Å². The normalized spacial score (nSPS) is 14.4. The van der Waals surface area contributed by atoms with E-state index in [-0.39, 0.29) is 0 Å². The molecule has 0 fully saturated rings. The molecule has 0 aromatic carbocycles. The summed E-state index contributed by atoms with van der Waals surface area (Å²) in [6, 6.07) is -0.468. The second-order valence-electron chi connectivity index (χ2n) is 3.02. The molecule has 14 heavy (non-hydrogen) atoms. The van der Waals surface area contributed by atoms with Crippen LogP contribution in [-0.2, 0) is 7.05 Å². The van der Waals surface area contributed by atoms with E-state index in [9.17, 15) is 13.2 Å². The van der Waals surface area contributed by atoms with Crippen molar-refractivity contribution in [1.82, 2.24) is 20.1 Å². The fraction of sp³-hybridized carbons (Fsp3) is 0.714. The summed E-state index contributed by atoms with van der Waals surface area (Å²) in [6.45, 7) is 0.580. The highest BCUT2D eigenvalue weighted by Crippen LogP contribution is 2.15. The fourth-order valence-electron chi connectivity index (χ4n) is 1.04. The Bertz CT molecular complexity index is 293. The van der Waals surface area contributed by atoms with Crippen molar-refractivity contribution >= 4 is 0 Å². The zero-order valence-corrected chi connectivity index (χ0v) is 7.84. The summed E-state index contributed by atoms with van der Waals surface area (Å²) in [5.41, 5.74) is 0. The van der Waals surface area contributed by atoms with E-state index in [4.69, 9.17) is 0 Å². The number of aryl methyl sites for hydroxylation is 1. The van der Waals surface area contributed by atoms with Gasteiger partial charge in [-0.15, -0.1) is 10.2 Å². The second-order valence-corrected chi connectivity index (χ2v) is 3.02. The van der Waals surface area contributed by atoms with Gasteiger partial charge in [-0.1, -0.05) is 0 Å². The van der Waals surface area contributed by atoms with Gasteiger partial charge in [-0.05, 0) is 6.92 Å². The first kappa shape index (κ1) is 11.0. The first-order valence-electron chi connectivity index (χ1n) is 4.04. The van der Waals surface area contributed by atoms with Crippen molar-refractivity contribution in [1.29, 1.82) is 0 Å². The van der Waals surface area contributed by atoms with Crippen molar-refractivity contribution in [2.24, 2.45) is 7.05 Å². The van der Waals surface area contributed by atoms with Gasteiger partial charge in [-0.3, -0.25) is 5.32 Å². The Morgan fingerprint density at radius 3 is 2.64 bits per heavy atom. The molecule has 1 heterocycles. The minimum atomic E-state index is -4.20. The van der Waals surface area contributed by atoms with E-state index in [1.54, 1.807) is 18.5 Å². The molecule has 0 aliphatic heterocycles. The summed E-state index contributed by atoms with van der Waals surface area (Å²) in [4.78, 5) is 0. The van der Waals surface area contributed by atoms with Crippen molar-refractivity contribution in [3.63, 3.8) is 0 Å². The first-order chi connectivity index (χ1) is 6.40. The molecule has 0 spiro atoms. The number of hydrogen-bond donors (Lipinski definition) is 1. The lowest BCUT2D eigenvalue weighted by Gasteiger charge is -2.14. The van der Waals surface area contributed by atoms with Crippen LogP contribution in [0.25, 0.3) is 0 Å². The highest BCUT2D eigenvalue weighted by atomic mass is 19.4. The zero-order chi connectivity index (χ0) is 10.8. The van der Waals surface area contributed by atoms with E-state index < -0.39 is 18.8 Å². The van der Waals surface area contributed by atoms with Gasteiger partial charge >= 0.3 is 6.18 Å². The van der Waals surface area contributed by atoms with E-state index in [1.807, 2.05) is 0 Å². The molecule has 0 radical (unpaired) electrons. The molecule has 1 N–H and O–H groups in total. The summed E-state index contributed by atoms with van der Waals surface area (Å²) in [5, 5.41) is 9.60. The van der Waals surface area contributed by atoms with Crippen LogP contribution in [0.5, 0.6) is 0 Å². The Balaban J connectivity index is 2.51. The zero-order valence-electron chi connectivity index (χ0n) is 7.84. The second kappa shape index (κ2) is 3.95. The smallest absolute Gasteiger partial charge is 0.319 e. The Morgan fingerprint density at radius 2 is 2.21 bits per heavy atom. The standard InChI is InChI=1S/C7H11F3N4/c1-5(11-3-7(8,9)10)6-13-12-4-14(6)2/h4-5,11H,3H2,1-2H3. The minimum Gasteiger partial charge on any atom is -0.319 e. The van der Waals surface area contributed by atoms with Crippen molar-refractivity contribution in [3.8, 4) is 0 Å². The summed E-state index contributed by atoms with van der Waals surface area (Å²) in [5.74, 6) is 0.481. The maximum absolute atomic E-state index is 11.9. The van der Waals surface area contributed by atoms with Gasteiger partial charge in [-0.2, -0.15) is 13.2 Å². The van der Waals surface area contributed by atoms with E-state index in [1.165, 1.54) is 6.33 Å². The molecule has 1 unspecified atom stereocenters. The average molecular weight is 208 g/mol. The predicted octanol–water partition coefficient (Wildman–Crippen LogP) is 1.03. The number of rotatable bonds is 3. The van der Waals surface area contributed by atoms with Crippen LogP contribution >= 0.6 is 0 Å². The molecule has 80 valence electrons. The van der Waals surface area contributed by atoms with Gasteiger partial charge in [0.1, 0.15) is 12.2 Å². The highest BCUT2D eigenvalue weighted by Gasteiger charge is 2.28. The first-order valence-corrected chi connectivity index (χ1v) is 4.04. The lowest BCUT2D eigenvalue weighted by molar-refractivity contribution is -0.126. The van der Waals surface area contributed by atoms with Crippen molar-refractivity contribution in [2.75, 3.05) is 6.54 Å². The topological polar surface area (TPSA) is 42.7 Å². The third-order valence-corrected chi connectivity index (χ3v) is 1.74. The molecular weight excluding hydrogens is 197 g/mol. The minimum absolute atomic E-state index is 0.468. The Kier molecular flexibility index (Phi) is 3.10.